The molecule has 6 rings (SSSR count). The van der Waals surface area contributed by atoms with E-state index in [2.05, 4.69) is 15.6 Å². The maximum atomic E-state index is 13.6. The molecule has 3 amide bonds. The Morgan fingerprint density at radius 3 is 2.45 bits per heavy atom. The van der Waals surface area contributed by atoms with Crippen LogP contribution in [0.15, 0.2) is 84.2 Å². The Balaban J connectivity index is 1.17. The monoisotopic (exact) mass is 628 g/mol. The molecule has 1 aliphatic carbocycles. The van der Waals surface area contributed by atoms with Crippen LogP contribution in [0.2, 0.25) is 0 Å². The van der Waals surface area contributed by atoms with Crippen LogP contribution in [0.1, 0.15) is 50.1 Å². The van der Waals surface area contributed by atoms with E-state index in [0.717, 1.165) is 24.0 Å². The minimum atomic E-state index is -1.09. The number of carboxylic acids is 1. The van der Waals surface area contributed by atoms with Gasteiger partial charge in [0.25, 0.3) is 5.91 Å². The Morgan fingerprint density at radius 1 is 0.955 bits per heavy atom. The lowest BCUT2D eigenvalue weighted by Gasteiger charge is -2.28. The number of carboxylic acid groups (broad SMARTS) is 1. The summed E-state index contributed by atoms with van der Waals surface area (Å²) in [5, 5.41) is 16.8. The molecule has 1 saturated carbocycles. The molecule has 2 heterocycles. The topological polar surface area (TPSA) is 138 Å². The Morgan fingerprint density at radius 2 is 1.73 bits per heavy atom. The van der Waals surface area contributed by atoms with Crippen molar-refractivity contribution >= 4 is 52.1 Å². The highest BCUT2D eigenvalue weighted by Gasteiger charge is 2.43. The largest absolute Gasteiger partial charge is 0.478 e. The molecule has 224 valence electrons. The Labute approximate surface area is 261 Å². The average molecular weight is 629 g/mol. The lowest BCUT2D eigenvalue weighted by Crippen LogP contribution is -2.45. The second-order valence-corrected chi connectivity index (χ2v) is 12.4. The van der Waals surface area contributed by atoms with Crippen LogP contribution in [0.4, 0.5) is 9.93 Å². The molecule has 1 aliphatic heterocycles. The van der Waals surface area contributed by atoms with E-state index < -0.39 is 29.4 Å². The normalized spacial score (nSPS) is 17.6. The highest BCUT2D eigenvalue weighted by atomic mass is 32.2. The number of thiazole rings is 1. The first-order chi connectivity index (χ1) is 21.4. The first-order valence-corrected chi connectivity index (χ1v) is 15.9. The predicted molar refractivity (Wildman–Crippen MR) is 168 cm³/mol. The van der Waals surface area contributed by atoms with Crippen molar-refractivity contribution in [1.29, 1.82) is 0 Å². The van der Waals surface area contributed by atoms with Gasteiger partial charge in [-0.2, -0.15) is 0 Å². The summed E-state index contributed by atoms with van der Waals surface area (Å²) in [7, 11) is 0. The number of ether oxygens (including phenoxy) is 1. The van der Waals surface area contributed by atoms with E-state index >= 15 is 0 Å². The van der Waals surface area contributed by atoms with Crippen LogP contribution in [0.5, 0.6) is 0 Å². The van der Waals surface area contributed by atoms with Gasteiger partial charge in [-0.25, -0.2) is 14.6 Å². The van der Waals surface area contributed by atoms with Gasteiger partial charge in [-0.15, -0.1) is 23.1 Å². The molecule has 0 spiro atoms. The van der Waals surface area contributed by atoms with Crippen LogP contribution >= 0.6 is 23.1 Å². The summed E-state index contributed by atoms with van der Waals surface area (Å²) in [4.78, 5) is 56.9. The van der Waals surface area contributed by atoms with Gasteiger partial charge in [0.15, 0.2) is 5.13 Å². The van der Waals surface area contributed by atoms with Gasteiger partial charge >= 0.3 is 12.1 Å². The molecular weight excluding hydrogens is 601 g/mol. The third kappa shape index (κ3) is 6.76. The summed E-state index contributed by atoms with van der Waals surface area (Å²) < 4.78 is 5.62. The molecule has 2 atom stereocenters. The number of amides is 3. The van der Waals surface area contributed by atoms with Crippen molar-refractivity contribution in [2.45, 2.75) is 36.9 Å². The Kier molecular flexibility index (Phi) is 8.62. The van der Waals surface area contributed by atoms with E-state index in [9.17, 15) is 24.3 Å². The Hall–Kier alpha value is -4.68. The number of aromatic carboxylic acids is 1. The zero-order valence-corrected chi connectivity index (χ0v) is 25.0. The second kappa shape index (κ2) is 12.9. The van der Waals surface area contributed by atoms with Gasteiger partial charge in [0.05, 0.1) is 11.3 Å². The van der Waals surface area contributed by atoms with Gasteiger partial charge in [-0.3, -0.25) is 14.5 Å². The first-order valence-electron chi connectivity index (χ1n) is 14.0. The predicted octanol–water partition coefficient (Wildman–Crippen LogP) is 5.79. The fourth-order valence-electron chi connectivity index (χ4n) is 4.75. The molecule has 1 saturated heterocycles. The van der Waals surface area contributed by atoms with Crippen LogP contribution in [0.25, 0.3) is 11.3 Å². The molecule has 1 unspecified atom stereocenters. The molecule has 10 nitrogen and oxygen atoms in total. The van der Waals surface area contributed by atoms with Crippen molar-refractivity contribution in [3.05, 3.63) is 106 Å². The van der Waals surface area contributed by atoms with Crippen LogP contribution in [-0.2, 0) is 16.1 Å². The van der Waals surface area contributed by atoms with E-state index in [4.69, 9.17) is 4.74 Å². The standard InChI is InChI=1S/C32H28N4O6S2/c37-27(33-24-13-14-24)21-11-9-20(10-12-21)25-17-44-31(34-25)35-28(38)26-18-43-29(22-7-4-8-23(15-22)30(39)40)36(26)32(41)42-16-19-5-2-1-3-6-19/h1-12,15,17,24,26,29H,13-14,16,18H2,(H,33,37)(H,39,40)(H,34,35,38)/t26?,29-/m1/s1. The van der Waals surface area contributed by atoms with E-state index in [1.54, 1.807) is 24.3 Å². The van der Waals surface area contributed by atoms with Gasteiger partial charge < -0.3 is 20.5 Å². The van der Waals surface area contributed by atoms with E-state index in [-0.39, 0.29) is 29.9 Å². The zero-order valence-electron chi connectivity index (χ0n) is 23.3. The molecule has 44 heavy (non-hydrogen) atoms. The molecule has 3 N–H and O–H groups in total. The molecule has 12 heteroatoms. The van der Waals surface area contributed by atoms with Crippen LogP contribution in [-0.4, -0.2) is 56.7 Å². The maximum Gasteiger partial charge on any atom is 0.412 e. The highest BCUT2D eigenvalue weighted by molar-refractivity contribution is 7.99. The number of nitrogens with one attached hydrogen (secondary N) is 2. The summed E-state index contributed by atoms with van der Waals surface area (Å²) in [5.41, 5.74) is 3.47. The highest BCUT2D eigenvalue weighted by Crippen LogP contribution is 2.42. The second-order valence-electron chi connectivity index (χ2n) is 10.4. The molecule has 0 bridgehead atoms. The number of carbonyl (C=O) groups is 4. The van der Waals surface area contributed by atoms with Gasteiger partial charge in [-0.05, 0) is 48.2 Å². The maximum absolute atomic E-state index is 13.6. The van der Waals surface area contributed by atoms with Crippen molar-refractivity contribution in [3.63, 3.8) is 0 Å². The third-order valence-electron chi connectivity index (χ3n) is 7.23. The summed E-state index contributed by atoms with van der Waals surface area (Å²) in [5.74, 6) is -1.34. The number of nitrogens with zero attached hydrogens (tertiary/aromatic N) is 2. The van der Waals surface area contributed by atoms with E-state index in [1.165, 1.54) is 40.1 Å². The number of aromatic nitrogens is 1. The van der Waals surface area contributed by atoms with E-state index in [1.807, 2.05) is 47.8 Å². The number of anilines is 1. The number of carbonyl (C=O) groups excluding carboxylic acids is 3. The number of benzene rings is 3. The molecular formula is C32H28N4O6S2. The fraction of sp³-hybridized carbons (Fsp3) is 0.219. The SMILES string of the molecule is O=C(O)c1cccc([C@H]2SCC(C(=O)Nc3nc(-c4ccc(C(=O)NC5CC5)cc4)cs3)N2C(=O)OCc2ccccc2)c1. The lowest BCUT2D eigenvalue weighted by atomic mass is 10.1. The number of hydrogen-bond donors (Lipinski definition) is 3. The molecule has 4 aromatic rings. The van der Waals surface area contributed by atoms with Crippen molar-refractivity contribution < 1.29 is 29.0 Å². The molecule has 1 aromatic heterocycles. The van der Waals surface area contributed by atoms with Crippen molar-refractivity contribution in [2.24, 2.45) is 0 Å². The minimum absolute atomic E-state index is 0.0218. The van der Waals surface area contributed by atoms with E-state index in [0.29, 0.717) is 22.0 Å². The van der Waals surface area contributed by atoms with Crippen molar-refractivity contribution in [1.82, 2.24) is 15.2 Å². The molecule has 0 radical (unpaired) electrons. The smallest absolute Gasteiger partial charge is 0.412 e. The van der Waals surface area contributed by atoms with Gasteiger partial charge in [-0.1, -0.05) is 54.6 Å². The van der Waals surface area contributed by atoms with Crippen LogP contribution < -0.4 is 10.6 Å². The fourth-order valence-corrected chi connectivity index (χ4v) is 6.88. The summed E-state index contributed by atoms with van der Waals surface area (Å²) in [6.45, 7) is 0.0218. The van der Waals surface area contributed by atoms with Gasteiger partial charge in [0.1, 0.15) is 18.0 Å². The van der Waals surface area contributed by atoms with Crippen molar-refractivity contribution in [2.75, 3.05) is 11.1 Å². The molecule has 3 aromatic carbocycles. The molecule has 2 fully saturated rings. The van der Waals surface area contributed by atoms with Gasteiger partial charge in [0.2, 0.25) is 5.91 Å². The van der Waals surface area contributed by atoms with Crippen molar-refractivity contribution in [3.8, 4) is 11.3 Å². The Bertz CT molecular complexity index is 1690. The zero-order chi connectivity index (χ0) is 30.6. The third-order valence-corrected chi connectivity index (χ3v) is 9.31. The molecule has 2 aliphatic rings. The summed E-state index contributed by atoms with van der Waals surface area (Å²) in [6.07, 6.45) is 1.35. The quantitative estimate of drug-likeness (QED) is 0.212. The van der Waals surface area contributed by atoms with Crippen LogP contribution in [0, 0.1) is 0 Å². The number of thioether (sulfide) groups is 1. The minimum Gasteiger partial charge on any atom is -0.478 e. The lowest BCUT2D eigenvalue weighted by molar-refractivity contribution is -0.120. The summed E-state index contributed by atoms with van der Waals surface area (Å²) in [6, 6.07) is 22.1. The first kappa shape index (κ1) is 29.4. The van der Waals surface area contributed by atoms with Gasteiger partial charge in [0, 0.05) is 28.3 Å². The summed E-state index contributed by atoms with van der Waals surface area (Å²) >= 11 is 2.60. The van der Waals surface area contributed by atoms with Crippen LogP contribution in [0.3, 0.4) is 0 Å². The average Bonchev–Trinajstić information content (AvgIpc) is 3.54. The number of rotatable bonds is 9. The number of hydrogen-bond acceptors (Lipinski definition) is 8.